The molecule has 12 nitrogen and oxygen atoms in total. The van der Waals surface area contributed by atoms with E-state index in [9.17, 15) is 19.2 Å². The van der Waals surface area contributed by atoms with Gasteiger partial charge in [0, 0.05) is 29.7 Å². The van der Waals surface area contributed by atoms with Crippen LogP contribution in [0.1, 0.15) is 58.7 Å². The summed E-state index contributed by atoms with van der Waals surface area (Å²) in [5.74, 6) is -1.44. The van der Waals surface area contributed by atoms with Crippen LogP contribution in [0, 0.1) is 0 Å². The number of H-pyrrole nitrogens is 1. The van der Waals surface area contributed by atoms with Gasteiger partial charge in [-0.2, -0.15) is 0 Å². The molecule has 5 rings (SSSR count). The highest BCUT2D eigenvalue weighted by molar-refractivity contribution is 5.99. The topological polar surface area (TPSA) is 156 Å². The minimum absolute atomic E-state index is 0.132. The van der Waals surface area contributed by atoms with Crippen LogP contribution < -0.4 is 16.0 Å². The van der Waals surface area contributed by atoms with E-state index in [2.05, 4.69) is 25.9 Å². The number of carbonyl (C=O) groups excluding carboxylic acids is 4. The summed E-state index contributed by atoms with van der Waals surface area (Å²) in [7, 11) is 0. The van der Waals surface area contributed by atoms with Crippen molar-refractivity contribution >= 4 is 51.4 Å². The van der Waals surface area contributed by atoms with Crippen molar-refractivity contribution in [2.45, 2.75) is 71.2 Å². The number of nitrogens with zero attached hydrogens (tertiary/aromatic N) is 2. The van der Waals surface area contributed by atoms with Gasteiger partial charge in [-0.05, 0) is 75.6 Å². The smallest absolute Gasteiger partial charge is 0.408 e. The molecule has 12 heteroatoms. The lowest BCUT2D eigenvalue weighted by Gasteiger charge is -2.29. The summed E-state index contributed by atoms with van der Waals surface area (Å²) in [6.07, 6.45) is 4.16. The average Bonchev–Trinajstić information content (AvgIpc) is 3.66. The summed E-state index contributed by atoms with van der Waals surface area (Å²) in [5, 5.41) is 11.1. The van der Waals surface area contributed by atoms with Crippen LogP contribution in [-0.4, -0.2) is 62.2 Å². The van der Waals surface area contributed by atoms with Crippen molar-refractivity contribution in [2.24, 2.45) is 0 Å². The van der Waals surface area contributed by atoms with Gasteiger partial charge in [0.1, 0.15) is 17.2 Å². The summed E-state index contributed by atoms with van der Waals surface area (Å²) in [6.45, 7) is 10.1. The quantitative estimate of drug-likeness (QED) is 0.133. The third kappa shape index (κ3) is 8.45. The second-order valence-electron chi connectivity index (χ2n) is 13.3. The first-order valence-electron chi connectivity index (χ1n) is 16.1. The second kappa shape index (κ2) is 14.2. The highest BCUT2D eigenvalue weighted by Gasteiger charge is 2.35. The molecule has 2 heterocycles. The highest BCUT2D eigenvalue weighted by atomic mass is 16.6. The predicted molar refractivity (Wildman–Crippen MR) is 187 cm³/mol. The minimum Gasteiger partial charge on any atom is -0.464 e. The molecule has 3 amide bonds. The first-order chi connectivity index (χ1) is 23.2. The number of para-hydroxylation sites is 1. The Bertz CT molecular complexity index is 1990. The van der Waals surface area contributed by atoms with Crippen molar-refractivity contribution in [3.63, 3.8) is 0 Å². The van der Waals surface area contributed by atoms with E-state index in [-0.39, 0.29) is 18.8 Å². The molecule has 0 bridgehead atoms. The number of aromatic amines is 1. The zero-order valence-electron chi connectivity index (χ0n) is 28.5. The Labute approximate surface area is 284 Å². The van der Waals surface area contributed by atoms with E-state index in [4.69, 9.17) is 9.47 Å². The number of fused-ring (bicyclic) bond motifs is 2. The van der Waals surface area contributed by atoms with Crippen LogP contribution in [-0.2, 0) is 30.3 Å². The fourth-order valence-corrected chi connectivity index (χ4v) is 5.47. The SMILES string of the molecule is CCOC(=O)C(c1ccc2ccccc2c1)n1cnc(NC(=O)[C@@H](Cc2c[nH]c3ccccc23)NC(=O)C(C)(C)NC(=O)OC(C)(C)C)c1. The number of rotatable bonds is 11. The van der Waals surface area contributed by atoms with E-state index < -0.39 is 47.1 Å². The molecular weight excluding hydrogens is 624 g/mol. The van der Waals surface area contributed by atoms with E-state index in [0.29, 0.717) is 5.56 Å². The summed E-state index contributed by atoms with van der Waals surface area (Å²) in [6, 6.07) is 19.3. The maximum absolute atomic E-state index is 13.9. The van der Waals surface area contributed by atoms with Crippen molar-refractivity contribution < 1.29 is 28.7 Å². The molecule has 4 N–H and O–H groups in total. The molecule has 3 aromatic carbocycles. The Morgan fingerprint density at radius 3 is 2.39 bits per heavy atom. The van der Waals surface area contributed by atoms with Gasteiger partial charge in [-0.25, -0.2) is 14.6 Å². The van der Waals surface area contributed by atoms with E-state index in [1.54, 1.807) is 44.7 Å². The number of carbonyl (C=O) groups is 4. The van der Waals surface area contributed by atoms with Crippen molar-refractivity contribution in [1.29, 1.82) is 0 Å². The number of benzene rings is 3. The predicted octanol–water partition coefficient (Wildman–Crippen LogP) is 5.64. The number of ether oxygens (including phenoxy) is 2. The molecular formula is C37H42N6O6. The fourth-order valence-electron chi connectivity index (χ4n) is 5.47. The molecule has 0 saturated heterocycles. The molecule has 0 aliphatic heterocycles. The van der Waals surface area contributed by atoms with Crippen LogP contribution in [0.4, 0.5) is 10.6 Å². The molecule has 0 fully saturated rings. The maximum Gasteiger partial charge on any atom is 0.408 e. The Kier molecular flexibility index (Phi) is 10.1. The zero-order valence-corrected chi connectivity index (χ0v) is 28.5. The highest BCUT2D eigenvalue weighted by Crippen LogP contribution is 2.26. The lowest BCUT2D eigenvalue weighted by molar-refractivity contribution is -0.145. The van der Waals surface area contributed by atoms with Gasteiger partial charge in [-0.15, -0.1) is 0 Å². The van der Waals surface area contributed by atoms with Crippen molar-refractivity contribution in [1.82, 2.24) is 25.2 Å². The fraction of sp³-hybridized carbons (Fsp3) is 0.324. The van der Waals surface area contributed by atoms with E-state index in [1.807, 2.05) is 66.7 Å². The van der Waals surface area contributed by atoms with Gasteiger partial charge >= 0.3 is 12.1 Å². The Balaban J connectivity index is 1.40. The molecule has 2 aromatic heterocycles. The normalized spacial score (nSPS) is 13.0. The largest absolute Gasteiger partial charge is 0.464 e. The molecule has 256 valence electrons. The van der Waals surface area contributed by atoms with Crippen molar-refractivity contribution in [3.05, 3.63) is 96.6 Å². The van der Waals surface area contributed by atoms with Crippen molar-refractivity contribution in [2.75, 3.05) is 11.9 Å². The van der Waals surface area contributed by atoms with Crippen LogP contribution in [0.15, 0.2) is 85.5 Å². The van der Waals surface area contributed by atoms with Crippen molar-refractivity contribution in [3.8, 4) is 0 Å². The first kappa shape index (κ1) is 34.7. The number of imidazole rings is 1. The third-order valence-electron chi connectivity index (χ3n) is 7.85. The summed E-state index contributed by atoms with van der Waals surface area (Å²) in [5.41, 5.74) is 0.190. The van der Waals surface area contributed by atoms with Gasteiger partial charge in [0.05, 0.1) is 12.9 Å². The first-order valence-corrected chi connectivity index (χ1v) is 16.1. The average molecular weight is 667 g/mol. The second-order valence-corrected chi connectivity index (χ2v) is 13.3. The number of hydrogen-bond acceptors (Lipinski definition) is 7. The van der Waals surface area contributed by atoms with Gasteiger partial charge < -0.3 is 35.0 Å². The lowest BCUT2D eigenvalue weighted by atomic mass is 10.0. The number of aromatic nitrogens is 3. The lowest BCUT2D eigenvalue weighted by Crippen LogP contribution is -2.59. The standard InChI is InChI=1S/C37H42N6O6/c1-7-48-33(45)31(25-17-16-23-12-8-9-13-24(23)18-25)43-21-30(39-22-43)41-32(44)29(19-26-20-38-28-15-11-10-14-27(26)28)40-34(46)37(5,6)42-35(47)49-36(2,3)4/h8-18,20-22,29,31,38H,7,19H2,1-6H3,(H,40,46)(H,41,44)(H,42,47)/t29-,31?/m1/s1. The van der Waals surface area contributed by atoms with Crippen LogP contribution in [0.25, 0.3) is 21.7 Å². The van der Waals surface area contributed by atoms with Gasteiger partial charge in [-0.3, -0.25) is 9.59 Å². The molecule has 0 radical (unpaired) electrons. The Morgan fingerprint density at radius 1 is 0.939 bits per heavy atom. The molecule has 1 unspecified atom stereocenters. The van der Waals surface area contributed by atoms with Gasteiger partial charge in [0.25, 0.3) is 0 Å². The summed E-state index contributed by atoms with van der Waals surface area (Å²) < 4.78 is 12.3. The molecule has 2 atom stereocenters. The number of amides is 3. The summed E-state index contributed by atoms with van der Waals surface area (Å²) in [4.78, 5) is 60.8. The van der Waals surface area contributed by atoms with Crippen LogP contribution >= 0.6 is 0 Å². The summed E-state index contributed by atoms with van der Waals surface area (Å²) >= 11 is 0. The zero-order chi connectivity index (χ0) is 35.3. The molecule has 0 aliphatic carbocycles. The Morgan fingerprint density at radius 2 is 1.65 bits per heavy atom. The van der Waals surface area contributed by atoms with Gasteiger partial charge in [-0.1, -0.05) is 54.6 Å². The molecule has 0 spiro atoms. The van der Waals surface area contributed by atoms with Crippen LogP contribution in [0.3, 0.4) is 0 Å². The monoisotopic (exact) mass is 666 g/mol. The minimum atomic E-state index is -1.42. The van der Waals surface area contributed by atoms with E-state index in [1.165, 1.54) is 20.2 Å². The number of hydrogen-bond donors (Lipinski definition) is 4. The van der Waals surface area contributed by atoms with E-state index >= 15 is 0 Å². The maximum atomic E-state index is 13.9. The number of nitrogens with one attached hydrogen (secondary N) is 4. The number of alkyl carbamates (subject to hydrolysis) is 1. The van der Waals surface area contributed by atoms with Crippen LogP contribution in [0.2, 0.25) is 0 Å². The number of esters is 1. The van der Waals surface area contributed by atoms with Gasteiger partial charge in [0.15, 0.2) is 11.9 Å². The molecule has 49 heavy (non-hydrogen) atoms. The van der Waals surface area contributed by atoms with E-state index in [0.717, 1.165) is 27.2 Å². The molecule has 5 aromatic rings. The number of anilines is 1. The molecule has 0 aliphatic rings. The van der Waals surface area contributed by atoms with Crippen LogP contribution in [0.5, 0.6) is 0 Å². The Hall–Kier alpha value is -5.65. The molecule has 0 saturated carbocycles. The van der Waals surface area contributed by atoms with Gasteiger partial charge in [0.2, 0.25) is 11.8 Å². The third-order valence-corrected chi connectivity index (χ3v) is 7.85.